The summed E-state index contributed by atoms with van der Waals surface area (Å²) in [4.78, 5) is 3.85. The first kappa shape index (κ1) is 11.8. The maximum Gasteiger partial charge on any atom is 0.422 e. The first-order valence-electron chi connectivity index (χ1n) is 4.28. The Labute approximate surface area is 85.1 Å². The molecule has 0 unspecified atom stereocenters. The predicted molar refractivity (Wildman–Crippen MR) is 48.4 cm³/mol. The Morgan fingerprint density at radius 2 is 2.07 bits per heavy atom. The number of rotatable bonds is 3. The summed E-state index contributed by atoms with van der Waals surface area (Å²) in [5.74, 6) is -0.0571. The molecule has 1 aromatic rings. The third kappa shape index (κ3) is 3.75. The molecule has 6 heteroatoms. The van der Waals surface area contributed by atoms with Gasteiger partial charge in [0.2, 0.25) is 5.88 Å². The van der Waals surface area contributed by atoms with E-state index in [-0.39, 0.29) is 12.4 Å². The van der Waals surface area contributed by atoms with Crippen LogP contribution in [0.4, 0.5) is 13.2 Å². The molecule has 0 aliphatic rings. The highest BCUT2D eigenvalue weighted by Crippen LogP contribution is 2.18. The van der Waals surface area contributed by atoms with Crippen molar-refractivity contribution in [2.75, 3.05) is 6.61 Å². The molecule has 84 valence electrons. The Bertz CT molecular complexity index is 339. The smallest absolute Gasteiger partial charge is 0.422 e. The van der Waals surface area contributed by atoms with Gasteiger partial charge in [-0.15, -0.1) is 0 Å². The Balaban J connectivity index is 2.70. The van der Waals surface area contributed by atoms with Gasteiger partial charge >= 0.3 is 6.18 Å². The van der Waals surface area contributed by atoms with Crippen molar-refractivity contribution in [1.82, 2.24) is 4.98 Å². The van der Waals surface area contributed by atoms with Gasteiger partial charge in [0.05, 0.1) is 5.69 Å². The lowest BCUT2D eigenvalue weighted by atomic mass is 10.2. The summed E-state index contributed by atoms with van der Waals surface area (Å²) in [5, 5.41) is 0. The Morgan fingerprint density at radius 3 is 2.60 bits per heavy atom. The van der Waals surface area contributed by atoms with Gasteiger partial charge in [-0.3, -0.25) is 0 Å². The summed E-state index contributed by atoms with van der Waals surface area (Å²) in [5.41, 5.74) is 6.73. The van der Waals surface area contributed by atoms with Crippen molar-refractivity contribution in [3.63, 3.8) is 0 Å². The van der Waals surface area contributed by atoms with Crippen molar-refractivity contribution in [2.45, 2.75) is 19.6 Å². The average molecular weight is 220 g/mol. The number of alkyl halides is 3. The fourth-order valence-corrected chi connectivity index (χ4v) is 0.994. The van der Waals surface area contributed by atoms with E-state index in [1.54, 1.807) is 13.0 Å². The number of nitrogens with two attached hydrogens (primary N) is 1. The van der Waals surface area contributed by atoms with Crippen molar-refractivity contribution < 1.29 is 17.9 Å². The van der Waals surface area contributed by atoms with Crippen LogP contribution in [0, 0.1) is 6.92 Å². The third-order valence-corrected chi connectivity index (χ3v) is 1.75. The van der Waals surface area contributed by atoms with Crippen LogP contribution in [-0.4, -0.2) is 17.8 Å². The number of hydrogen-bond acceptors (Lipinski definition) is 3. The summed E-state index contributed by atoms with van der Waals surface area (Å²) in [6.07, 6.45) is -4.35. The maximum absolute atomic E-state index is 11.8. The zero-order chi connectivity index (χ0) is 11.5. The Morgan fingerprint density at radius 1 is 1.40 bits per heavy atom. The molecular formula is C9H11F3N2O. The zero-order valence-electron chi connectivity index (χ0n) is 8.14. The number of nitrogens with zero attached hydrogens (tertiary/aromatic N) is 1. The minimum absolute atomic E-state index is 0.0571. The molecule has 0 spiro atoms. The first-order chi connectivity index (χ1) is 6.92. The fourth-order valence-electron chi connectivity index (χ4n) is 0.994. The second-order valence-electron chi connectivity index (χ2n) is 3.02. The fraction of sp³-hybridized carbons (Fsp3) is 0.444. The predicted octanol–water partition coefficient (Wildman–Crippen LogP) is 1.79. The Kier molecular flexibility index (Phi) is 3.52. The molecule has 0 saturated carbocycles. The molecule has 0 saturated heterocycles. The van der Waals surface area contributed by atoms with E-state index in [9.17, 15) is 13.2 Å². The molecule has 1 rings (SSSR count). The maximum atomic E-state index is 11.8. The highest BCUT2D eigenvalue weighted by molar-refractivity contribution is 5.24. The second kappa shape index (κ2) is 4.48. The molecule has 0 fully saturated rings. The van der Waals surface area contributed by atoms with E-state index < -0.39 is 12.8 Å². The first-order valence-corrected chi connectivity index (χ1v) is 4.28. The van der Waals surface area contributed by atoms with E-state index in [4.69, 9.17) is 5.73 Å². The standard InChI is InChI=1S/C9H11F3N2O/c1-6-2-3-8(14-7(6)4-13)15-5-9(10,11)12/h2-3H,4-5,13H2,1H3. The molecule has 0 atom stereocenters. The zero-order valence-corrected chi connectivity index (χ0v) is 8.14. The van der Waals surface area contributed by atoms with Gasteiger partial charge in [0.15, 0.2) is 6.61 Å². The van der Waals surface area contributed by atoms with E-state index >= 15 is 0 Å². The highest BCUT2D eigenvalue weighted by atomic mass is 19.4. The van der Waals surface area contributed by atoms with Crippen molar-refractivity contribution in [2.24, 2.45) is 5.73 Å². The van der Waals surface area contributed by atoms with Gasteiger partial charge in [-0.25, -0.2) is 4.98 Å². The minimum atomic E-state index is -4.35. The van der Waals surface area contributed by atoms with Crippen LogP contribution >= 0.6 is 0 Å². The molecule has 3 nitrogen and oxygen atoms in total. The molecule has 1 aromatic heterocycles. The second-order valence-corrected chi connectivity index (χ2v) is 3.02. The monoisotopic (exact) mass is 220 g/mol. The van der Waals surface area contributed by atoms with Crippen molar-refractivity contribution in [3.8, 4) is 5.88 Å². The summed E-state index contributed by atoms with van der Waals surface area (Å²) in [7, 11) is 0. The van der Waals surface area contributed by atoms with Gasteiger partial charge in [0, 0.05) is 12.6 Å². The van der Waals surface area contributed by atoms with Crippen molar-refractivity contribution in [3.05, 3.63) is 23.4 Å². The van der Waals surface area contributed by atoms with E-state index in [1.807, 2.05) is 0 Å². The van der Waals surface area contributed by atoms with Crippen LogP contribution in [-0.2, 0) is 6.54 Å². The van der Waals surface area contributed by atoms with Crippen LogP contribution in [0.15, 0.2) is 12.1 Å². The molecule has 0 aliphatic carbocycles. The van der Waals surface area contributed by atoms with Crippen LogP contribution in [0.5, 0.6) is 5.88 Å². The van der Waals surface area contributed by atoms with Gasteiger partial charge in [0.1, 0.15) is 0 Å². The van der Waals surface area contributed by atoms with Gasteiger partial charge in [-0.2, -0.15) is 13.2 Å². The number of aryl methyl sites for hydroxylation is 1. The molecule has 15 heavy (non-hydrogen) atoms. The summed E-state index contributed by atoms with van der Waals surface area (Å²) in [6.45, 7) is 0.616. The normalized spacial score (nSPS) is 11.5. The van der Waals surface area contributed by atoms with Gasteiger partial charge in [-0.05, 0) is 12.5 Å². The lowest BCUT2D eigenvalue weighted by Crippen LogP contribution is -2.20. The largest absolute Gasteiger partial charge is 0.468 e. The van der Waals surface area contributed by atoms with Gasteiger partial charge in [0.25, 0.3) is 0 Å². The van der Waals surface area contributed by atoms with Gasteiger partial charge < -0.3 is 10.5 Å². The van der Waals surface area contributed by atoms with Gasteiger partial charge in [-0.1, -0.05) is 6.07 Å². The number of pyridine rings is 1. The lowest BCUT2D eigenvalue weighted by molar-refractivity contribution is -0.154. The van der Waals surface area contributed by atoms with Crippen LogP contribution in [0.2, 0.25) is 0 Å². The molecule has 1 heterocycles. The third-order valence-electron chi connectivity index (χ3n) is 1.75. The summed E-state index contributed by atoms with van der Waals surface area (Å²) < 4.78 is 40.0. The number of hydrogen-bond donors (Lipinski definition) is 1. The SMILES string of the molecule is Cc1ccc(OCC(F)(F)F)nc1CN. The van der Waals surface area contributed by atoms with E-state index in [1.165, 1.54) is 6.07 Å². The van der Waals surface area contributed by atoms with E-state index in [2.05, 4.69) is 9.72 Å². The molecule has 0 bridgehead atoms. The van der Waals surface area contributed by atoms with Crippen molar-refractivity contribution >= 4 is 0 Å². The number of halogens is 3. The van der Waals surface area contributed by atoms with Crippen LogP contribution in [0.25, 0.3) is 0 Å². The van der Waals surface area contributed by atoms with Crippen LogP contribution < -0.4 is 10.5 Å². The van der Waals surface area contributed by atoms with Crippen molar-refractivity contribution in [1.29, 1.82) is 0 Å². The van der Waals surface area contributed by atoms with Crippen LogP contribution in [0.1, 0.15) is 11.3 Å². The van der Waals surface area contributed by atoms with E-state index in [0.29, 0.717) is 5.69 Å². The molecule has 0 aromatic carbocycles. The average Bonchev–Trinajstić information content (AvgIpc) is 2.15. The van der Waals surface area contributed by atoms with Crippen LogP contribution in [0.3, 0.4) is 0 Å². The molecule has 0 amide bonds. The van der Waals surface area contributed by atoms with E-state index in [0.717, 1.165) is 5.56 Å². The molecular weight excluding hydrogens is 209 g/mol. The molecule has 0 radical (unpaired) electrons. The lowest BCUT2D eigenvalue weighted by Gasteiger charge is -2.09. The minimum Gasteiger partial charge on any atom is -0.468 e. The topological polar surface area (TPSA) is 48.1 Å². The quantitative estimate of drug-likeness (QED) is 0.844. The highest BCUT2D eigenvalue weighted by Gasteiger charge is 2.28. The summed E-state index contributed by atoms with van der Waals surface area (Å²) >= 11 is 0. The Hall–Kier alpha value is -1.30. The molecule has 2 N–H and O–H groups in total. The number of ether oxygens (including phenoxy) is 1. The summed E-state index contributed by atoms with van der Waals surface area (Å²) in [6, 6.07) is 3.02. The molecule has 0 aliphatic heterocycles. The number of aromatic nitrogens is 1.